The third-order valence-corrected chi connectivity index (χ3v) is 10.7. The molecule has 0 spiro atoms. The van der Waals surface area contributed by atoms with Crippen molar-refractivity contribution >= 4 is 5.78 Å². The Hall–Kier alpha value is -0.890. The third-order valence-electron chi connectivity index (χ3n) is 10.7. The van der Waals surface area contributed by atoms with Gasteiger partial charge in [0, 0.05) is 6.42 Å². The molecule has 2 heteroatoms. The fourth-order valence-corrected chi connectivity index (χ4v) is 7.94. The van der Waals surface area contributed by atoms with Crippen LogP contribution in [0.3, 0.4) is 0 Å². The fourth-order valence-electron chi connectivity index (χ4n) is 7.94. The van der Waals surface area contributed by atoms with Gasteiger partial charge in [0.25, 0.3) is 0 Å². The number of aliphatic hydroxyl groups is 1. The summed E-state index contributed by atoms with van der Waals surface area (Å²) in [6.45, 7) is 14.1. The largest absolute Gasteiger partial charge is 0.389 e. The van der Waals surface area contributed by atoms with Crippen LogP contribution in [0.2, 0.25) is 0 Å². The van der Waals surface area contributed by atoms with Crippen molar-refractivity contribution in [2.75, 3.05) is 0 Å². The van der Waals surface area contributed by atoms with E-state index in [0.717, 1.165) is 38.0 Å². The van der Waals surface area contributed by atoms with E-state index in [1.807, 2.05) is 6.08 Å². The van der Waals surface area contributed by atoms with Crippen LogP contribution >= 0.6 is 0 Å². The molecule has 0 saturated heterocycles. The average molecular weight is 413 g/mol. The molecule has 0 aliphatic heterocycles. The second-order valence-corrected chi connectivity index (χ2v) is 12.3. The van der Waals surface area contributed by atoms with Gasteiger partial charge in [-0.25, -0.2) is 0 Å². The van der Waals surface area contributed by atoms with E-state index in [0.29, 0.717) is 41.8 Å². The summed E-state index contributed by atoms with van der Waals surface area (Å²) < 4.78 is 0. The summed E-state index contributed by atoms with van der Waals surface area (Å²) in [6, 6.07) is 0. The topological polar surface area (TPSA) is 37.3 Å². The van der Waals surface area contributed by atoms with E-state index < -0.39 is 5.60 Å². The van der Waals surface area contributed by atoms with Gasteiger partial charge in [-0.2, -0.15) is 0 Å². The zero-order chi connectivity index (χ0) is 21.9. The first-order chi connectivity index (χ1) is 14.0. The first-order valence-corrected chi connectivity index (χ1v) is 12.7. The van der Waals surface area contributed by atoms with Gasteiger partial charge in [0.2, 0.25) is 0 Å². The molecule has 0 radical (unpaired) electrons. The fraction of sp³-hybridized carbons (Fsp3) is 0.821. The minimum Gasteiger partial charge on any atom is -0.389 e. The highest BCUT2D eigenvalue weighted by Gasteiger charge is 2.64. The monoisotopic (exact) mass is 412 g/mol. The quantitative estimate of drug-likeness (QED) is 0.543. The SMILES string of the molecule is CC(C)[C@H](C)CC[C@@H](C)[C@@]1(O)CC[C@H]2[C@@H]3C=CC4=CC(=O)CC[C@]4(C)[C@H]3CC[C@@]21C. The number of fused-ring (bicyclic) bond motifs is 5. The Morgan fingerprint density at radius 2 is 1.73 bits per heavy atom. The van der Waals surface area contributed by atoms with Gasteiger partial charge in [-0.1, -0.05) is 60.1 Å². The van der Waals surface area contributed by atoms with Gasteiger partial charge in [0.05, 0.1) is 5.60 Å². The molecule has 0 aromatic rings. The molecule has 4 rings (SSSR count). The van der Waals surface area contributed by atoms with Gasteiger partial charge < -0.3 is 5.11 Å². The zero-order valence-corrected chi connectivity index (χ0v) is 20.2. The summed E-state index contributed by atoms with van der Waals surface area (Å²) in [7, 11) is 0. The maximum Gasteiger partial charge on any atom is 0.156 e. The Labute approximate surface area is 184 Å². The number of hydrogen-bond acceptors (Lipinski definition) is 2. The Kier molecular flexibility index (Phi) is 5.66. The maximum atomic E-state index is 12.1. The van der Waals surface area contributed by atoms with Crippen LogP contribution in [0.25, 0.3) is 0 Å². The van der Waals surface area contributed by atoms with Crippen molar-refractivity contribution in [3.05, 3.63) is 23.8 Å². The molecule has 0 amide bonds. The molecule has 4 aliphatic carbocycles. The second-order valence-electron chi connectivity index (χ2n) is 12.3. The molecule has 0 aromatic carbocycles. The molecular weight excluding hydrogens is 368 g/mol. The molecule has 2 saturated carbocycles. The second kappa shape index (κ2) is 7.61. The van der Waals surface area contributed by atoms with Gasteiger partial charge >= 0.3 is 0 Å². The lowest BCUT2D eigenvalue weighted by atomic mass is 9.47. The molecule has 8 atom stereocenters. The van der Waals surface area contributed by atoms with Crippen LogP contribution in [0.15, 0.2) is 23.8 Å². The molecule has 1 N–H and O–H groups in total. The van der Waals surface area contributed by atoms with E-state index in [-0.39, 0.29) is 10.8 Å². The summed E-state index contributed by atoms with van der Waals surface area (Å²) in [6.07, 6.45) is 15.1. The van der Waals surface area contributed by atoms with Crippen molar-refractivity contribution in [2.45, 2.75) is 98.5 Å². The van der Waals surface area contributed by atoms with Gasteiger partial charge in [0.15, 0.2) is 5.78 Å². The van der Waals surface area contributed by atoms with E-state index in [4.69, 9.17) is 0 Å². The Balaban J connectivity index is 1.57. The third kappa shape index (κ3) is 3.19. The Morgan fingerprint density at radius 3 is 2.43 bits per heavy atom. The van der Waals surface area contributed by atoms with E-state index >= 15 is 0 Å². The van der Waals surface area contributed by atoms with Gasteiger partial charge in [0.1, 0.15) is 0 Å². The van der Waals surface area contributed by atoms with Crippen molar-refractivity contribution in [1.29, 1.82) is 0 Å². The number of rotatable bonds is 5. The summed E-state index contributed by atoms with van der Waals surface area (Å²) in [5, 5.41) is 12.1. The first-order valence-electron chi connectivity index (χ1n) is 12.7. The highest BCUT2D eigenvalue weighted by atomic mass is 16.3. The van der Waals surface area contributed by atoms with E-state index in [9.17, 15) is 9.90 Å². The van der Waals surface area contributed by atoms with Crippen molar-refractivity contribution < 1.29 is 9.90 Å². The zero-order valence-electron chi connectivity index (χ0n) is 20.2. The van der Waals surface area contributed by atoms with Crippen molar-refractivity contribution in [3.8, 4) is 0 Å². The van der Waals surface area contributed by atoms with Crippen molar-refractivity contribution in [2.24, 2.45) is 46.3 Å². The summed E-state index contributed by atoms with van der Waals surface area (Å²) in [5.74, 6) is 3.83. The number of carbonyl (C=O) groups is 1. The lowest BCUT2D eigenvalue weighted by molar-refractivity contribution is -0.143. The maximum absolute atomic E-state index is 12.1. The molecular formula is C28H44O2. The van der Waals surface area contributed by atoms with Crippen LogP contribution in [0, 0.1) is 46.3 Å². The van der Waals surface area contributed by atoms with Crippen LogP contribution in [0.1, 0.15) is 92.9 Å². The smallest absolute Gasteiger partial charge is 0.156 e. The molecule has 4 aliphatic rings. The van der Waals surface area contributed by atoms with E-state index in [1.54, 1.807) is 0 Å². The number of allylic oxidation sites excluding steroid dienone is 4. The summed E-state index contributed by atoms with van der Waals surface area (Å²) in [5.41, 5.74) is 0.898. The Bertz CT molecular complexity index is 748. The van der Waals surface area contributed by atoms with E-state index in [1.165, 1.54) is 18.4 Å². The minimum absolute atomic E-state index is 0.0149. The van der Waals surface area contributed by atoms with Crippen LogP contribution in [-0.4, -0.2) is 16.5 Å². The lowest BCUT2D eigenvalue weighted by Gasteiger charge is -2.58. The standard InChI is InChI=1S/C28H44O2/c1-18(2)19(3)7-8-20(4)28(30)16-13-25-23-10-9-21-17-22(29)11-14-26(21,5)24(23)12-15-27(25,28)6/h9-10,17-20,23-25,30H,7-8,11-16H2,1-6H3/t19-,20-,23-,24+,25+,26+,27+,28+/m1/s1. The van der Waals surface area contributed by atoms with Crippen LogP contribution in [-0.2, 0) is 4.79 Å². The molecule has 168 valence electrons. The lowest BCUT2D eigenvalue weighted by Crippen LogP contribution is -2.56. The molecule has 0 heterocycles. The van der Waals surface area contributed by atoms with Crippen LogP contribution in [0.4, 0.5) is 0 Å². The average Bonchev–Trinajstić information content (AvgIpc) is 2.98. The van der Waals surface area contributed by atoms with Crippen LogP contribution in [0.5, 0.6) is 0 Å². The number of hydrogen-bond donors (Lipinski definition) is 1. The van der Waals surface area contributed by atoms with Gasteiger partial charge in [-0.15, -0.1) is 0 Å². The van der Waals surface area contributed by atoms with Crippen molar-refractivity contribution in [3.63, 3.8) is 0 Å². The highest BCUT2D eigenvalue weighted by molar-refractivity contribution is 5.92. The molecule has 2 fully saturated rings. The number of ketones is 1. The predicted octanol–water partition coefficient (Wildman–Crippen LogP) is 6.73. The molecule has 30 heavy (non-hydrogen) atoms. The predicted molar refractivity (Wildman–Crippen MR) is 124 cm³/mol. The van der Waals surface area contributed by atoms with Gasteiger partial charge in [-0.05, 0) is 96.5 Å². The first kappa shape index (κ1) is 22.3. The van der Waals surface area contributed by atoms with Crippen molar-refractivity contribution in [1.82, 2.24) is 0 Å². The molecule has 0 aromatic heterocycles. The normalized spacial score (nSPS) is 44.9. The van der Waals surface area contributed by atoms with E-state index in [2.05, 4.69) is 53.7 Å². The summed E-state index contributed by atoms with van der Waals surface area (Å²) in [4.78, 5) is 12.0. The number of carbonyl (C=O) groups excluding carboxylic acids is 1. The molecule has 2 nitrogen and oxygen atoms in total. The van der Waals surface area contributed by atoms with Gasteiger partial charge in [-0.3, -0.25) is 4.79 Å². The van der Waals surface area contributed by atoms with Crippen LogP contribution < -0.4 is 0 Å². The highest BCUT2D eigenvalue weighted by Crippen LogP contribution is 2.67. The molecule has 0 unspecified atom stereocenters. The molecule has 0 bridgehead atoms. The Morgan fingerprint density at radius 1 is 1.03 bits per heavy atom. The minimum atomic E-state index is -0.535. The summed E-state index contributed by atoms with van der Waals surface area (Å²) >= 11 is 0.